The highest BCUT2D eigenvalue weighted by molar-refractivity contribution is 7.99. The number of carbonyl (C=O) groups excluding carboxylic acids is 2. The Hall–Kier alpha value is -2.32. The number of hydrogen-bond donors (Lipinski definition) is 2. The molecule has 2 heterocycles. The van der Waals surface area contributed by atoms with Crippen LogP contribution in [0.2, 0.25) is 5.02 Å². The van der Waals surface area contributed by atoms with Crippen molar-refractivity contribution in [1.29, 1.82) is 0 Å². The predicted molar refractivity (Wildman–Crippen MR) is 119 cm³/mol. The molecule has 1 aliphatic carbocycles. The topological polar surface area (TPSA) is 87.2 Å². The van der Waals surface area contributed by atoms with E-state index in [0.29, 0.717) is 21.8 Å². The number of halogens is 1. The van der Waals surface area contributed by atoms with Gasteiger partial charge in [0.05, 0.1) is 5.75 Å². The Balaban J connectivity index is 1.22. The molecule has 1 aromatic heterocycles. The van der Waals surface area contributed by atoms with Crippen LogP contribution in [0.1, 0.15) is 25.7 Å². The summed E-state index contributed by atoms with van der Waals surface area (Å²) in [4.78, 5) is 26.5. The molecule has 30 heavy (non-hydrogen) atoms. The molecule has 7 nitrogen and oxygen atoms in total. The van der Waals surface area contributed by atoms with Gasteiger partial charge < -0.3 is 15.5 Å². The van der Waals surface area contributed by atoms with Crippen molar-refractivity contribution in [3.8, 4) is 0 Å². The van der Waals surface area contributed by atoms with E-state index in [0.717, 1.165) is 44.6 Å². The zero-order chi connectivity index (χ0) is 20.9. The molecule has 4 rings (SSSR count). The fourth-order valence-corrected chi connectivity index (χ4v) is 4.18. The van der Waals surface area contributed by atoms with Gasteiger partial charge in [-0.1, -0.05) is 29.4 Å². The Morgan fingerprint density at radius 1 is 1.10 bits per heavy atom. The van der Waals surface area contributed by atoms with Gasteiger partial charge in [0.15, 0.2) is 5.82 Å². The zero-order valence-corrected chi connectivity index (χ0v) is 18.1. The number of hydrogen-bond acceptors (Lipinski definition) is 6. The summed E-state index contributed by atoms with van der Waals surface area (Å²) in [5.41, 5.74) is 0.670. The first kappa shape index (κ1) is 20.9. The largest absolute Gasteiger partial charge is 0.355 e. The summed E-state index contributed by atoms with van der Waals surface area (Å²) in [6.45, 7) is 1.60. The summed E-state index contributed by atoms with van der Waals surface area (Å²) in [7, 11) is 0. The zero-order valence-electron chi connectivity index (χ0n) is 16.5. The molecule has 0 bridgehead atoms. The van der Waals surface area contributed by atoms with E-state index in [1.165, 1.54) is 11.8 Å². The van der Waals surface area contributed by atoms with Crippen LogP contribution in [0.15, 0.2) is 41.4 Å². The van der Waals surface area contributed by atoms with Gasteiger partial charge >= 0.3 is 0 Å². The van der Waals surface area contributed by atoms with E-state index in [1.54, 1.807) is 24.3 Å². The number of nitrogens with one attached hydrogen (secondary N) is 2. The van der Waals surface area contributed by atoms with Crippen LogP contribution >= 0.6 is 23.4 Å². The van der Waals surface area contributed by atoms with Crippen molar-refractivity contribution < 1.29 is 9.59 Å². The van der Waals surface area contributed by atoms with Gasteiger partial charge in [-0.15, -0.1) is 10.2 Å². The van der Waals surface area contributed by atoms with Gasteiger partial charge in [0.1, 0.15) is 5.03 Å². The SMILES string of the molecule is O=C(CSc1ccc(N2CCC(C(=O)NC3CC3)CC2)nn1)Nc1cccc(Cl)c1. The second-order valence-electron chi connectivity index (χ2n) is 7.62. The first-order valence-corrected chi connectivity index (χ1v) is 11.5. The van der Waals surface area contributed by atoms with E-state index in [2.05, 4.69) is 25.7 Å². The maximum Gasteiger partial charge on any atom is 0.234 e. The maximum absolute atomic E-state index is 12.2. The highest BCUT2D eigenvalue weighted by atomic mass is 35.5. The van der Waals surface area contributed by atoms with Gasteiger partial charge in [-0.25, -0.2) is 0 Å². The second kappa shape index (κ2) is 9.66. The van der Waals surface area contributed by atoms with Crippen molar-refractivity contribution in [1.82, 2.24) is 15.5 Å². The van der Waals surface area contributed by atoms with E-state index < -0.39 is 0 Å². The standard InChI is InChI=1S/C21H24ClN5O2S/c22-15-2-1-3-17(12-15)23-19(28)13-30-20-7-6-18(25-26-20)27-10-8-14(9-11-27)21(29)24-16-4-5-16/h1-3,6-7,12,14,16H,4-5,8-11,13H2,(H,23,28)(H,24,29). The lowest BCUT2D eigenvalue weighted by Gasteiger charge is -2.31. The number of aromatic nitrogens is 2. The first-order valence-electron chi connectivity index (χ1n) is 10.1. The molecule has 9 heteroatoms. The Morgan fingerprint density at radius 2 is 1.90 bits per heavy atom. The molecule has 2 aliphatic rings. The monoisotopic (exact) mass is 445 g/mol. The first-order chi connectivity index (χ1) is 14.6. The van der Waals surface area contributed by atoms with Gasteiger partial charge in [-0.3, -0.25) is 9.59 Å². The highest BCUT2D eigenvalue weighted by Crippen LogP contribution is 2.25. The number of anilines is 2. The molecule has 1 aromatic carbocycles. The lowest BCUT2D eigenvalue weighted by atomic mass is 9.96. The van der Waals surface area contributed by atoms with Crippen molar-refractivity contribution >= 4 is 46.7 Å². The van der Waals surface area contributed by atoms with Gasteiger partial charge in [0.25, 0.3) is 0 Å². The van der Waals surface area contributed by atoms with Crippen LogP contribution in [-0.2, 0) is 9.59 Å². The minimum absolute atomic E-state index is 0.0997. The Kier molecular flexibility index (Phi) is 6.74. The third-order valence-corrected chi connectivity index (χ3v) is 6.35. The van der Waals surface area contributed by atoms with Crippen molar-refractivity contribution in [3.05, 3.63) is 41.4 Å². The summed E-state index contributed by atoms with van der Waals surface area (Å²) in [6, 6.07) is 11.3. The van der Waals surface area contributed by atoms with E-state index in [9.17, 15) is 9.59 Å². The number of piperidine rings is 1. The third kappa shape index (κ3) is 5.86. The molecule has 1 saturated heterocycles. The van der Waals surface area contributed by atoms with Crippen LogP contribution in [0.3, 0.4) is 0 Å². The molecule has 2 aromatic rings. The summed E-state index contributed by atoms with van der Waals surface area (Å²) < 4.78 is 0. The second-order valence-corrected chi connectivity index (χ2v) is 9.05. The Bertz CT molecular complexity index is 899. The summed E-state index contributed by atoms with van der Waals surface area (Å²) >= 11 is 7.26. The average Bonchev–Trinajstić information content (AvgIpc) is 3.57. The van der Waals surface area contributed by atoms with Crippen LogP contribution < -0.4 is 15.5 Å². The van der Waals surface area contributed by atoms with Crippen LogP contribution in [-0.4, -0.2) is 46.9 Å². The van der Waals surface area contributed by atoms with E-state index in [4.69, 9.17) is 11.6 Å². The van der Waals surface area contributed by atoms with Crippen LogP contribution in [0, 0.1) is 5.92 Å². The molecule has 2 N–H and O–H groups in total. The number of nitrogens with zero attached hydrogens (tertiary/aromatic N) is 3. The Morgan fingerprint density at radius 3 is 2.57 bits per heavy atom. The third-order valence-electron chi connectivity index (χ3n) is 5.20. The van der Waals surface area contributed by atoms with Crippen molar-refractivity contribution in [2.45, 2.75) is 36.8 Å². The van der Waals surface area contributed by atoms with Crippen molar-refractivity contribution in [3.63, 3.8) is 0 Å². The molecular weight excluding hydrogens is 422 g/mol. The fourth-order valence-electron chi connectivity index (χ4n) is 3.38. The molecule has 1 aliphatic heterocycles. The van der Waals surface area contributed by atoms with Gasteiger partial charge in [0.2, 0.25) is 11.8 Å². The average molecular weight is 446 g/mol. The minimum Gasteiger partial charge on any atom is -0.355 e. The smallest absolute Gasteiger partial charge is 0.234 e. The molecule has 0 spiro atoms. The van der Waals surface area contributed by atoms with E-state index in [-0.39, 0.29) is 23.5 Å². The molecule has 0 unspecified atom stereocenters. The normalized spacial score (nSPS) is 16.9. The van der Waals surface area contributed by atoms with E-state index >= 15 is 0 Å². The Labute approximate surface area is 185 Å². The quantitative estimate of drug-likeness (QED) is 0.635. The van der Waals surface area contributed by atoms with E-state index in [1.807, 2.05) is 12.1 Å². The molecular formula is C21H24ClN5O2S. The molecule has 0 radical (unpaired) electrons. The minimum atomic E-state index is -0.125. The van der Waals surface area contributed by atoms with Gasteiger partial charge in [-0.2, -0.15) is 0 Å². The number of thioether (sulfide) groups is 1. The lowest BCUT2D eigenvalue weighted by molar-refractivity contribution is -0.125. The molecule has 2 fully saturated rings. The number of rotatable bonds is 7. The molecule has 0 atom stereocenters. The molecule has 2 amide bonds. The number of carbonyl (C=O) groups is 2. The summed E-state index contributed by atoms with van der Waals surface area (Å²) in [5, 5.41) is 15.7. The van der Waals surface area contributed by atoms with Gasteiger partial charge in [0, 0.05) is 35.8 Å². The van der Waals surface area contributed by atoms with Crippen LogP contribution in [0.4, 0.5) is 11.5 Å². The maximum atomic E-state index is 12.2. The number of benzene rings is 1. The lowest BCUT2D eigenvalue weighted by Crippen LogP contribution is -2.41. The summed E-state index contributed by atoms with van der Waals surface area (Å²) in [5.74, 6) is 1.22. The fraction of sp³-hybridized carbons (Fsp3) is 0.429. The van der Waals surface area contributed by atoms with Crippen molar-refractivity contribution in [2.75, 3.05) is 29.1 Å². The van der Waals surface area contributed by atoms with Gasteiger partial charge in [-0.05, 0) is 56.0 Å². The molecule has 1 saturated carbocycles. The molecule has 158 valence electrons. The van der Waals surface area contributed by atoms with Crippen molar-refractivity contribution in [2.24, 2.45) is 5.92 Å². The number of amides is 2. The van der Waals surface area contributed by atoms with Crippen LogP contribution in [0.5, 0.6) is 0 Å². The van der Waals surface area contributed by atoms with Crippen LogP contribution in [0.25, 0.3) is 0 Å². The predicted octanol–water partition coefficient (Wildman–Crippen LogP) is 3.36. The summed E-state index contributed by atoms with van der Waals surface area (Å²) in [6.07, 6.45) is 3.90. The highest BCUT2D eigenvalue weighted by Gasteiger charge is 2.30.